The van der Waals surface area contributed by atoms with Crippen molar-refractivity contribution in [2.75, 3.05) is 25.0 Å². The van der Waals surface area contributed by atoms with Crippen molar-refractivity contribution in [3.63, 3.8) is 0 Å². The lowest BCUT2D eigenvalue weighted by molar-refractivity contribution is -0.115. The van der Waals surface area contributed by atoms with Crippen molar-refractivity contribution in [2.24, 2.45) is 0 Å². The Morgan fingerprint density at radius 3 is 2.38 bits per heavy atom. The first-order valence-electron chi connectivity index (χ1n) is 8.94. The summed E-state index contributed by atoms with van der Waals surface area (Å²) < 4.78 is 39.5. The van der Waals surface area contributed by atoms with Gasteiger partial charge in [0.05, 0.1) is 17.1 Å². The zero-order valence-corrected chi connectivity index (χ0v) is 16.2. The molecule has 3 N–H and O–H groups in total. The molecule has 10 heteroatoms. The number of sulfonamides is 1. The van der Waals surface area contributed by atoms with E-state index >= 15 is 0 Å². The first kappa shape index (κ1) is 20.7. The maximum atomic E-state index is 12.9. The van der Waals surface area contributed by atoms with Crippen molar-refractivity contribution in [2.45, 2.75) is 17.7 Å². The second kappa shape index (κ2) is 8.58. The van der Waals surface area contributed by atoms with Crippen molar-refractivity contribution in [3.05, 3.63) is 53.8 Å². The summed E-state index contributed by atoms with van der Waals surface area (Å²) in [7, 11) is -3.71. The third-order valence-corrected chi connectivity index (χ3v) is 6.36. The summed E-state index contributed by atoms with van der Waals surface area (Å²) in [5.74, 6) is -2.02. The molecule has 2 aromatic rings. The van der Waals surface area contributed by atoms with Gasteiger partial charge < -0.3 is 15.7 Å². The van der Waals surface area contributed by atoms with Gasteiger partial charge in [-0.3, -0.25) is 9.59 Å². The van der Waals surface area contributed by atoms with E-state index in [9.17, 15) is 27.5 Å². The summed E-state index contributed by atoms with van der Waals surface area (Å²) >= 11 is 0. The molecule has 0 atom stereocenters. The van der Waals surface area contributed by atoms with Gasteiger partial charge >= 0.3 is 0 Å². The predicted octanol–water partition coefficient (Wildman–Crippen LogP) is 1.68. The van der Waals surface area contributed by atoms with Gasteiger partial charge in [0.1, 0.15) is 11.6 Å². The lowest BCUT2D eigenvalue weighted by Crippen LogP contribution is -2.33. The molecule has 1 aliphatic rings. The van der Waals surface area contributed by atoms with Crippen molar-refractivity contribution < 1.29 is 27.5 Å². The number of phenols is 1. The topological polar surface area (TPSA) is 116 Å². The number of halogens is 1. The predicted molar refractivity (Wildman–Crippen MR) is 103 cm³/mol. The van der Waals surface area contributed by atoms with E-state index in [-0.39, 0.29) is 21.9 Å². The highest BCUT2D eigenvalue weighted by Gasteiger charge is 2.27. The standard InChI is InChI=1S/C19H20FN3O5S/c20-14-5-3-13(4-6-14)19(26)21-12-18(25)22-16-11-15(7-8-17(16)24)29(27,28)23-9-1-2-10-23/h3-8,11,24H,1-2,9-10,12H2,(H,21,26)(H,22,25). The van der Waals surface area contributed by atoms with E-state index in [4.69, 9.17) is 0 Å². The molecule has 0 aliphatic carbocycles. The minimum Gasteiger partial charge on any atom is -0.506 e. The van der Waals surface area contributed by atoms with Gasteiger partial charge in [-0.2, -0.15) is 4.31 Å². The van der Waals surface area contributed by atoms with Gasteiger partial charge in [-0.15, -0.1) is 0 Å². The smallest absolute Gasteiger partial charge is 0.251 e. The highest BCUT2D eigenvalue weighted by Crippen LogP contribution is 2.29. The summed E-state index contributed by atoms with van der Waals surface area (Å²) in [4.78, 5) is 24.0. The Kier molecular flexibility index (Phi) is 6.14. The Morgan fingerprint density at radius 2 is 1.72 bits per heavy atom. The van der Waals surface area contributed by atoms with Crippen LogP contribution in [0.5, 0.6) is 5.75 Å². The molecule has 29 heavy (non-hydrogen) atoms. The molecule has 0 radical (unpaired) electrons. The second-order valence-electron chi connectivity index (χ2n) is 6.53. The number of phenolic OH excluding ortho intramolecular Hbond substituents is 1. The van der Waals surface area contributed by atoms with Crippen LogP contribution >= 0.6 is 0 Å². The van der Waals surface area contributed by atoms with Crippen LogP contribution in [0.25, 0.3) is 0 Å². The molecular formula is C19H20FN3O5S. The lowest BCUT2D eigenvalue weighted by Gasteiger charge is -2.16. The summed E-state index contributed by atoms with van der Waals surface area (Å²) in [6, 6.07) is 8.45. The number of anilines is 1. The summed E-state index contributed by atoms with van der Waals surface area (Å²) in [6.45, 7) is 0.444. The Bertz CT molecular complexity index is 1020. The van der Waals surface area contributed by atoms with E-state index in [2.05, 4.69) is 10.6 Å². The van der Waals surface area contributed by atoms with Gasteiger partial charge in [0.2, 0.25) is 15.9 Å². The fourth-order valence-corrected chi connectivity index (χ4v) is 4.46. The van der Waals surface area contributed by atoms with Gasteiger partial charge in [0.25, 0.3) is 5.91 Å². The van der Waals surface area contributed by atoms with Gasteiger partial charge in [-0.05, 0) is 55.3 Å². The van der Waals surface area contributed by atoms with Crippen LogP contribution in [0, 0.1) is 5.82 Å². The molecule has 1 saturated heterocycles. The lowest BCUT2D eigenvalue weighted by atomic mass is 10.2. The number of hydrogen-bond acceptors (Lipinski definition) is 5. The Hall–Kier alpha value is -2.98. The zero-order valence-electron chi connectivity index (χ0n) is 15.4. The van der Waals surface area contributed by atoms with E-state index in [0.29, 0.717) is 13.1 Å². The number of amides is 2. The van der Waals surface area contributed by atoms with E-state index < -0.39 is 34.2 Å². The highest BCUT2D eigenvalue weighted by molar-refractivity contribution is 7.89. The monoisotopic (exact) mass is 421 g/mol. The van der Waals surface area contributed by atoms with Crippen LogP contribution in [0.4, 0.5) is 10.1 Å². The molecule has 3 rings (SSSR count). The van der Waals surface area contributed by atoms with Crippen molar-refractivity contribution in [1.29, 1.82) is 0 Å². The number of aromatic hydroxyl groups is 1. The zero-order chi connectivity index (χ0) is 21.0. The van der Waals surface area contributed by atoms with Gasteiger partial charge in [0, 0.05) is 18.7 Å². The summed E-state index contributed by atoms with van der Waals surface area (Å²) in [6.07, 6.45) is 1.57. The second-order valence-corrected chi connectivity index (χ2v) is 8.47. The van der Waals surface area contributed by atoms with Gasteiger partial charge in [0.15, 0.2) is 0 Å². The molecule has 1 heterocycles. The molecule has 2 aromatic carbocycles. The maximum absolute atomic E-state index is 12.9. The quantitative estimate of drug-likeness (QED) is 0.614. The van der Waals surface area contributed by atoms with Crippen molar-refractivity contribution in [1.82, 2.24) is 9.62 Å². The minimum absolute atomic E-state index is 0.0390. The van der Waals surface area contributed by atoms with Crippen LogP contribution in [0.3, 0.4) is 0 Å². The number of nitrogens with one attached hydrogen (secondary N) is 2. The molecule has 0 bridgehead atoms. The van der Waals surface area contributed by atoms with Crippen LogP contribution in [-0.2, 0) is 14.8 Å². The van der Waals surface area contributed by atoms with Crippen LogP contribution in [0.2, 0.25) is 0 Å². The molecular weight excluding hydrogens is 401 g/mol. The van der Waals surface area contributed by atoms with Crippen molar-refractivity contribution in [3.8, 4) is 5.75 Å². The third-order valence-electron chi connectivity index (χ3n) is 4.46. The van der Waals surface area contributed by atoms with Crippen LogP contribution in [0.15, 0.2) is 47.4 Å². The molecule has 0 spiro atoms. The number of hydrogen-bond donors (Lipinski definition) is 3. The van der Waals surface area contributed by atoms with E-state index in [1.807, 2.05) is 0 Å². The molecule has 8 nitrogen and oxygen atoms in total. The van der Waals surface area contributed by atoms with Gasteiger partial charge in [-0.25, -0.2) is 12.8 Å². The minimum atomic E-state index is -3.71. The number of carbonyl (C=O) groups is 2. The first-order valence-corrected chi connectivity index (χ1v) is 10.4. The Labute approximate surface area is 167 Å². The van der Waals surface area contributed by atoms with E-state index in [1.54, 1.807) is 0 Å². The fourth-order valence-electron chi connectivity index (χ4n) is 2.91. The Balaban J connectivity index is 1.65. The molecule has 0 unspecified atom stereocenters. The van der Waals surface area contributed by atoms with Crippen LogP contribution in [-0.4, -0.2) is 49.3 Å². The molecule has 1 fully saturated rings. The largest absolute Gasteiger partial charge is 0.506 e. The number of rotatable bonds is 6. The average molecular weight is 421 g/mol. The summed E-state index contributed by atoms with van der Waals surface area (Å²) in [5.41, 5.74) is 0.104. The highest BCUT2D eigenvalue weighted by atomic mass is 32.2. The average Bonchev–Trinajstić information content (AvgIpc) is 3.24. The van der Waals surface area contributed by atoms with Gasteiger partial charge in [-0.1, -0.05) is 0 Å². The number of benzene rings is 2. The Morgan fingerprint density at radius 1 is 1.07 bits per heavy atom. The summed E-state index contributed by atoms with van der Waals surface area (Å²) in [5, 5.41) is 14.7. The van der Waals surface area contributed by atoms with E-state index in [0.717, 1.165) is 25.0 Å². The molecule has 1 aliphatic heterocycles. The van der Waals surface area contributed by atoms with Crippen LogP contribution < -0.4 is 10.6 Å². The molecule has 2 amide bonds. The number of carbonyl (C=O) groups excluding carboxylic acids is 2. The maximum Gasteiger partial charge on any atom is 0.251 e. The normalized spacial score (nSPS) is 14.5. The third kappa shape index (κ3) is 4.90. The fraction of sp³-hybridized carbons (Fsp3) is 0.263. The molecule has 0 saturated carbocycles. The first-order chi connectivity index (χ1) is 13.8. The molecule has 0 aromatic heterocycles. The van der Waals surface area contributed by atoms with Crippen LogP contribution in [0.1, 0.15) is 23.2 Å². The number of nitrogens with zero attached hydrogens (tertiary/aromatic N) is 1. The van der Waals surface area contributed by atoms with Crippen molar-refractivity contribution >= 4 is 27.5 Å². The SMILES string of the molecule is O=C(CNC(=O)c1ccc(F)cc1)Nc1cc(S(=O)(=O)N2CCCC2)ccc1O. The molecule has 154 valence electrons. The van der Waals surface area contributed by atoms with E-state index in [1.165, 1.54) is 34.6 Å².